The van der Waals surface area contributed by atoms with Crippen LogP contribution in [0.25, 0.3) is 0 Å². The van der Waals surface area contributed by atoms with Gasteiger partial charge in [-0.2, -0.15) is 0 Å². The number of pyridine rings is 1. The summed E-state index contributed by atoms with van der Waals surface area (Å²) in [6.45, 7) is 0. The second-order valence-corrected chi connectivity index (χ2v) is 2.25. The summed E-state index contributed by atoms with van der Waals surface area (Å²) >= 11 is 0. The molecule has 1 heterocycles. The van der Waals surface area contributed by atoms with E-state index in [1.54, 1.807) is 12.1 Å². The van der Waals surface area contributed by atoms with Gasteiger partial charge >= 0.3 is 5.97 Å². The van der Waals surface area contributed by atoms with Crippen molar-refractivity contribution < 1.29 is 9.90 Å². The van der Waals surface area contributed by atoms with Crippen LogP contribution in [-0.4, -0.2) is 16.1 Å². The summed E-state index contributed by atoms with van der Waals surface area (Å²) in [5.74, 6) is 1.50. The lowest BCUT2D eigenvalue weighted by atomic mass is 10.2. The molecule has 1 aromatic heterocycles. The normalized spacial score (nSPS) is 8.92. The first-order chi connectivity index (χ1) is 5.72. The van der Waals surface area contributed by atoms with Gasteiger partial charge in [0.25, 0.3) is 0 Å². The van der Waals surface area contributed by atoms with Gasteiger partial charge in [0.15, 0.2) is 0 Å². The summed E-state index contributed by atoms with van der Waals surface area (Å²) in [5, 5.41) is 8.41. The van der Waals surface area contributed by atoms with Crippen LogP contribution in [0.1, 0.15) is 11.3 Å². The number of carboxylic acids is 1. The van der Waals surface area contributed by atoms with Crippen LogP contribution in [0.15, 0.2) is 18.3 Å². The Morgan fingerprint density at radius 2 is 2.42 bits per heavy atom. The van der Waals surface area contributed by atoms with Crippen LogP contribution in [0.2, 0.25) is 0 Å². The number of carboxylic acid groups (broad SMARTS) is 1. The third kappa shape index (κ3) is 2.10. The van der Waals surface area contributed by atoms with Gasteiger partial charge in [0.2, 0.25) is 0 Å². The Labute approximate surface area is 70.1 Å². The predicted octanol–water partition coefficient (Wildman–Crippen LogP) is 0.690. The summed E-state index contributed by atoms with van der Waals surface area (Å²) in [5.41, 5.74) is 1.17. The molecule has 1 N–H and O–H groups in total. The van der Waals surface area contributed by atoms with E-state index in [4.69, 9.17) is 11.5 Å². The molecular formula is C9H7NO2. The minimum absolute atomic E-state index is 0.0646. The number of nitrogens with zero attached hydrogens (tertiary/aromatic N) is 1. The van der Waals surface area contributed by atoms with Crippen molar-refractivity contribution in [1.29, 1.82) is 0 Å². The van der Waals surface area contributed by atoms with E-state index in [1.807, 2.05) is 0 Å². The van der Waals surface area contributed by atoms with Crippen molar-refractivity contribution in [2.24, 2.45) is 0 Å². The van der Waals surface area contributed by atoms with Gasteiger partial charge in [0.1, 0.15) is 0 Å². The molecule has 60 valence electrons. The Balaban J connectivity index is 2.80. The number of aromatic nitrogens is 1. The van der Waals surface area contributed by atoms with Gasteiger partial charge < -0.3 is 5.11 Å². The highest BCUT2D eigenvalue weighted by molar-refractivity contribution is 5.69. The molecule has 1 rings (SSSR count). The summed E-state index contributed by atoms with van der Waals surface area (Å²) < 4.78 is 0. The zero-order valence-electron chi connectivity index (χ0n) is 6.32. The monoisotopic (exact) mass is 161 g/mol. The first kappa shape index (κ1) is 8.28. The summed E-state index contributed by atoms with van der Waals surface area (Å²) in [4.78, 5) is 14.1. The first-order valence-electron chi connectivity index (χ1n) is 3.35. The van der Waals surface area contributed by atoms with Gasteiger partial charge in [-0.25, -0.2) is 0 Å². The molecule has 0 amide bonds. The van der Waals surface area contributed by atoms with Gasteiger partial charge in [0.05, 0.1) is 12.1 Å². The molecule has 0 radical (unpaired) electrons. The maximum absolute atomic E-state index is 10.2. The summed E-state index contributed by atoms with van der Waals surface area (Å²) in [6, 6.07) is 3.29. The second kappa shape index (κ2) is 3.54. The zero-order chi connectivity index (χ0) is 8.97. The number of carbonyl (C=O) groups is 1. The van der Waals surface area contributed by atoms with Crippen molar-refractivity contribution >= 4 is 5.97 Å². The van der Waals surface area contributed by atoms with Crippen molar-refractivity contribution in [1.82, 2.24) is 4.98 Å². The first-order valence-corrected chi connectivity index (χ1v) is 3.35. The molecule has 1 aromatic rings. The van der Waals surface area contributed by atoms with E-state index in [1.165, 1.54) is 6.20 Å². The van der Waals surface area contributed by atoms with Gasteiger partial charge in [-0.3, -0.25) is 9.78 Å². The predicted molar refractivity (Wildman–Crippen MR) is 43.5 cm³/mol. The Morgan fingerprint density at radius 1 is 1.67 bits per heavy atom. The third-order valence-corrected chi connectivity index (χ3v) is 1.32. The van der Waals surface area contributed by atoms with E-state index < -0.39 is 5.97 Å². The van der Waals surface area contributed by atoms with E-state index >= 15 is 0 Å². The van der Waals surface area contributed by atoms with Crippen molar-refractivity contribution in [3.05, 3.63) is 29.6 Å². The molecule has 0 bridgehead atoms. The fraction of sp³-hybridized carbons (Fsp3) is 0.111. The molecule has 0 spiro atoms. The van der Waals surface area contributed by atoms with E-state index in [-0.39, 0.29) is 6.42 Å². The van der Waals surface area contributed by atoms with Crippen molar-refractivity contribution in [3.8, 4) is 12.3 Å². The molecule has 0 aliphatic heterocycles. The highest BCUT2D eigenvalue weighted by atomic mass is 16.4. The largest absolute Gasteiger partial charge is 0.481 e. The van der Waals surface area contributed by atoms with Crippen LogP contribution in [-0.2, 0) is 11.2 Å². The molecular weight excluding hydrogens is 154 g/mol. The average Bonchev–Trinajstić information content (AvgIpc) is 2.05. The lowest BCUT2D eigenvalue weighted by Crippen LogP contribution is -2.01. The zero-order valence-corrected chi connectivity index (χ0v) is 6.32. The molecule has 0 unspecified atom stereocenters. The lowest BCUT2D eigenvalue weighted by molar-refractivity contribution is -0.136. The number of terminal acetylenes is 1. The van der Waals surface area contributed by atoms with Gasteiger partial charge in [-0.15, -0.1) is 6.42 Å². The van der Waals surface area contributed by atoms with Gasteiger partial charge in [-0.1, -0.05) is 5.92 Å². The van der Waals surface area contributed by atoms with Crippen LogP contribution < -0.4 is 0 Å². The molecule has 0 fully saturated rings. The standard InChI is InChI=1S/C9H7NO2/c1-2-7-3-4-8(10-6-7)5-9(11)12/h1,3-4,6H,5H2,(H,11,12). The number of hydrogen-bond donors (Lipinski definition) is 1. The van der Waals surface area contributed by atoms with E-state index in [2.05, 4.69) is 10.9 Å². The summed E-state index contributed by atoms with van der Waals surface area (Å²) in [7, 11) is 0. The SMILES string of the molecule is C#Cc1ccc(CC(=O)O)nc1. The van der Waals surface area contributed by atoms with Crippen LogP contribution in [0.3, 0.4) is 0 Å². The molecule has 0 saturated carbocycles. The van der Waals surface area contributed by atoms with Crippen LogP contribution >= 0.6 is 0 Å². The Kier molecular flexibility index (Phi) is 2.44. The maximum Gasteiger partial charge on any atom is 0.309 e. The topological polar surface area (TPSA) is 50.2 Å². The van der Waals surface area contributed by atoms with Gasteiger partial charge in [-0.05, 0) is 12.1 Å². The Morgan fingerprint density at radius 3 is 2.83 bits per heavy atom. The smallest absolute Gasteiger partial charge is 0.309 e. The molecule has 0 saturated heterocycles. The van der Waals surface area contributed by atoms with Crippen LogP contribution in [0.4, 0.5) is 0 Å². The second-order valence-electron chi connectivity index (χ2n) is 2.25. The number of hydrogen-bond acceptors (Lipinski definition) is 2. The molecule has 0 aromatic carbocycles. The van der Waals surface area contributed by atoms with Crippen LogP contribution in [0.5, 0.6) is 0 Å². The summed E-state index contributed by atoms with van der Waals surface area (Å²) in [6.07, 6.45) is 6.51. The number of aliphatic carboxylic acids is 1. The molecule has 3 heteroatoms. The highest BCUT2D eigenvalue weighted by Gasteiger charge is 2.00. The van der Waals surface area contributed by atoms with Crippen LogP contribution in [0, 0.1) is 12.3 Å². The lowest BCUT2D eigenvalue weighted by Gasteiger charge is -1.94. The van der Waals surface area contributed by atoms with Crippen molar-refractivity contribution in [3.63, 3.8) is 0 Å². The molecule has 3 nitrogen and oxygen atoms in total. The van der Waals surface area contributed by atoms with E-state index in [0.29, 0.717) is 11.3 Å². The molecule has 0 atom stereocenters. The Hall–Kier alpha value is -1.82. The molecule has 12 heavy (non-hydrogen) atoms. The minimum Gasteiger partial charge on any atom is -0.481 e. The molecule has 0 aliphatic rings. The quantitative estimate of drug-likeness (QED) is 0.649. The highest BCUT2D eigenvalue weighted by Crippen LogP contribution is 1.99. The fourth-order valence-electron chi connectivity index (χ4n) is 0.769. The fourth-order valence-corrected chi connectivity index (χ4v) is 0.769. The average molecular weight is 161 g/mol. The maximum atomic E-state index is 10.2. The van der Waals surface area contributed by atoms with E-state index in [0.717, 1.165) is 0 Å². The third-order valence-electron chi connectivity index (χ3n) is 1.32. The van der Waals surface area contributed by atoms with Gasteiger partial charge in [0, 0.05) is 11.8 Å². The van der Waals surface area contributed by atoms with Crippen molar-refractivity contribution in [2.45, 2.75) is 6.42 Å². The molecule has 0 aliphatic carbocycles. The minimum atomic E-state index is -0.893. The van der Waals surface area contributed by atoms with E-state index in [9.17, 15) is 4.79 Å². The number of rotatable bonds is 2. The Bertz CT molecular complexity index is 321. The van der Waals surface area contributed by atoms with Crippen molar-refractivity contribution in [2.75, 3.05) is 0 Å².